The smallest absolute Gasteiger partial charge is 0.255 e. The minimum absolute atomic E-state index is 0.133. The van der Waals surface area contributed by atoms with Crippen LogP contribution in [0.3, 0.4) is 0 Å². The molecule has 1 amide bonds. The number of nitrogens with zero attached hydrogens (tertiary/aromatic N) is 1. The van der Waals surface area contributed by atoms with Crippen LogP contribution in [0.15, 0.2) is 22.7 Å². The fraction of sp³-hybridized carbons (Fsp3) is 0.462. The van der Waals surface area contributed by atoms with Crippen LogP contribution in [0.25, 0.3) is 0 Å². The third-order valence-corrected chi connectivity index (χ3v) is 5.53. The minimum atomic E-state index is 0.133. The summed E-state index contributed by atoms with van der Waals surface area (Å²) in [5, 5.41) is 0. The summed E-state index contributed by atoms with van der Waals surface area (Å²) in [6.45, 7) is 6.04. The van der Waals surface area contributed by atoms with Gasteiger partial charge in [-0.2, -0.15) is 11.8 Å². The summed E-state index contributed by atoms with van der Waals surface area (Å²) in [5.41, 5.74) is 0.768. The van der Waals surface area contributed by atoms with Gasteiger partial charge >= 0.3 is 0 Å². The number of hydrogen-bond acceptors (Lipinski definition) is 2. The van der Waals surface area contributed by atoms with Crippen molar-refractivity contribution < 1.29 is 4.79 Å². The Labute approximate surface area is 134 Å². The zero-order valence-corrected chi connectivity index (χ0v) is 14.9. The fourth-order valence-corrected chi connectivity index (χ4v) is 4.04. The largest absolute Gasteiger partial charge is 0.336 e. The molecule has 0 atom stereocenters. The highest BCUT2D eigenvalue weighted by molar-refractivity contribution is 14.1. The topological polar surface area (TPSA) is 20.3 Å². The number of carbonyl (C=O) groups excluding carboxylic acids is 1. The molecule has 0 N–H and O–H groups in total. The number of carbonyl (C=O) groups is 1. The molecule has 1 aromatic carbocycles. The highest BCUT2D eigenvalue weighted by Gasteiger charge is 2.30. The van der Waals surface area contributed by atoms with Crippen molar-refractivity contribution in [2.24, 2.45) is 0 Å². The molecule has 0 radical (unpaired) electrons. The van der Waals surface area contributed by atoms with Gasteiger partial charge in [0, 0.05) is 31.6 Å². The Kier molecular flexibility index (Phi) is 4.65. The van der Waals surface area contributed by atoms with Gasteiger partial charge in [-0.3, -0.25) is 4.79 Å². The Bertz CT molecular complexity index is 478. The van der Waals surface area contributed by atoms with Gasteiger partial charge in [-0.25, -0.2) is 0 Å². The van der Waals surface area contributed by atoms with Crippen LogP contribution >= 0.6 is 50.3 Å². The standard InChI is InChI=1S/C13H15BrINOS/c1-13(2)8-16(5-6-18-13)12(17)10-7-9(15)3-4-11(10)14/h3-4,7H,5-6,8H2,1-2H3. The molecular weight excluding hydrogens is 425 g/mol. The Hall–Kier alpha value is 0.250. The second-order valence-electron chi connectivity index (χ2n) is 4.96. The van der Waals surface area contributed by atoms with Gasteiger partial charge in [-0.1, -0.05) is 0 Å². The van der Waals surface area contributed by atoms with Gasteiger partial charge in [0.15, 0.2) is 0 Å². The van der Waals surface area contributed by atoms with E-state index in [0.29, 0.717) is 0 Å². The van der Waals surface area contributed by atoms with Crippen molar-refractivity contribution in [3.63, 3.8) is 0 Å². The molecule has 98 valence electrons. The number of thioether (sulfide) groups is 1. The maximum absolute atomic E-state index is 12.5. The number of halogens is 2. The molecule has 1 aliphatic rings. The lowest BCUT2D eigenvalue weighted by Gasteiger charge is -2.37. The van der Waals surface area contributed by atoms with Crippen molar-refractivity contribution in [3.8, 4) is 0 Å². The van der Waals surface area contributed by atoms with Crippen LogP contribution in [0, 0.1) is 3.57 Å². The third-order valence-electron chi connectivity index (χ3n) is 2.87. The van der Waals surface area contributed by atoms with E-state index in [1.165, 1.54) is 0 Å². The van der Waals surface area contributed by atoms with Gasteiger partial charge in [-0.15, -0.1) is 0 Å². The number of hydrogen-bond donors (Lipinski definition) is 0. The van der Waals surface area contributed by atoms with Gasteiger partial charge < -0.3 is 4.90 Å². The van der Waals surface area contributed by atoms with E-state index < -0.39 is 0 Å². The van der Waals surface area contributed by atoms with E-state index in [0.717, 1.165) is 32.4 Å². The second kappa shape index (κ2) is 5.71. The molecule has 1 heterocycles. The van der Waals surface area contributed by atoms with E-state index in [-0.39, 0.29) is 10.7 Å². The summed E-state index contributed by atoms with van der Waals surface area (Å²) in [4.78, 5) is 14.5. The number of rotatable bonds is 1. The molecule has 0 unspecified atom stereocenters. The summed E-state index contributed by atoms with van der Waals surface area (Å²) in [7, 11) is 0. The van der Waals surface area contributed by atoms with E-state index in [4.69, 9.17) is 0 Å². The van der Waals surface area contributed by atoms with Crippen LogP contribution in [0.1, 0.15) is 24.2 Å². The van der Waals surface area contributed by atoms with E-state index in [2.05, 4.69) is 52.4 Å². The average molecular weight is 440 g/mol. The summed E-state index contributed by atoms with van der Waals surface area (Å²) >= 11 is 7.64. The molecule has 0 aliphatic carbocycles. The molecule has 2 nitrogen and oxygen atoms in total. The van der Waals surface area contributed by atoms with Gasteiger partial charge in [0.05, 0.1) is 5.56 Å². The van der Waals surface area contributed by atoms with Gasteiger partial charge in [-0.05, 0) is 70.6 Å². The molecule has 0 saturated carbocycles. The first kappa shape index (κ1) is 14.7. The van der Waals surface area contributed by atoms with Crippen molar-refractivity contribution in [1.82, 2.24) is 4.90 Å². The first-order valence-electron chi connectivity index (χ1n) is 5.77. The quantitative estimate of drug-likeness (QED) is 0.616. The summed E-state index contributed by atoms with van der Waals surface area (Å²) in [6.07, 6.45) is 0. The van der Waals surface area contributed by atoms with Crippen LogP contribution in [0.2, 0.25) is 0 Å². The molecule has 1 fully saturated rings. The average Bonchev–Trinajstić information content (AvgIpc) is 2.30. The first-order chi connectivity index (χ1) is 8.39. The summed E-state index contributed by atoms with van der Waals surface area (Å²) < 4.78 is 2.12. The Morgan fingerprint density at radius 2 is 2.22 bits per heavy atom. The lowest BCUT2D eigenvalue weighted by Crippen LogP contribution is -2.46. The molecule has 1 aromatic rings. The zero-order chi connectivity index (χ0) is 13.3. The van der Waals surface area contributed by atoms with E-state index >= 15 is 0 Å². The predicted octanol–water partition coefficient (Wildman–Crippen LogP) is 4.02. The van der Waals surface area contributed by atoms with Gasteiger partial charge in [0.1, 0.15) is 0 Å². The highest BCUT2D eigenvalue weighted by Crippen LogP contribution is 2.31. The summed E-state index contributed by atoms with van der Waals surface area (Å²) in [6, 6.07) is 5.89. The molecule has 0 spiro atoms. The number of benzene rings is 1. The van der Waals surface area contributed by atoms with Crippen molar-refractivity contribution >= 4 is 56.2 Å². The van der Waals surface area contributed by atoms with Crippen molar-refractivity contribution in [2.45, 2.75) is 18.6 Å². The van der Waals surface area contributed by atoms with Crippen LogP contribution < -0.4 is 0 Å². The first-order valence-corrected chi connectivity index (χ1v) is 8.63. The lowest BCUT2D eigenvalue weighted by atomic mass is 10.1. The molecule has 1 saturated heterocycles. The van der Waals surface area contributed by atoms with Crippen molar-refractivity contribution in [3.05, 3.63) is 31.8 Å². The molecule has 0 aromatic heterocycles. The number of amides is 1. The van der Waals surface area contributed by atoms with E-state index in [1.54, 1.807) is 0 Å². The van der Waals surface area contributed by atoms with Gasteiger partial charge in [0.25, 0.3) is 5.91 Å². The molecule has 2 rings (SSSR count). The fourth-order valence-electron chi connectivity index (χ4n) is 2.02. The highest BCUT2D eigenvalue weighted by atomic mass is 127. The van der Waals surface area contributed by atoms with Crippen LogP contribution in [-0.4, -0.2) is 34.4 Å². The van der Waals surface area contributed by atoms with Crippen LogP contribution in [-0.2, 0) is 0 Å². The van der Waals surface area contributed by atoms with E-state index in [1.807, 2.05) is 34.9 Å². The molecule has 1 aliphatic heterocycles. The Morgan fingerprint density at radius 1 is 1.50 bits per heavy atom. The Balaban J connectivity index is 2.23. The zero-order valence-electron chi connectivity index (χ0n) is 10.4. The van der Waals surface area contributed by atoms with Crippen molar-refractivity contribution in [1.29, 1.82) is 0 Å². The third kappa shape index (κ3) is 3.42. The van der Waals surface area contributed by atoms with E-state index in [9.17, 15) is 4.79 Å². The minimum Gasteiger partial charge on any atom is -0.336 e. The normalized spacial score (nSPS) is 18.8. The second-order valence-corrected chi connectivity index (χ2v) is 8.86. The predicted molar refractivity (Wildman–Crippen MR) is 89.3 cm³/mol. The van der Waals surface area contributed by atoms with Crippen molar-refractivity contribution in [2.75, 3.05) is 18.8 Å². The van der Waals surface area contributed by atoms with Gasteiger partial charge in [0.2, 0.25) is 0 Å². The Morgan fingerprint density at radius 3 is 2.89 bits per heavy atom. The SMILES string of the molecule is CC1(C)CN(C(=O)c2cc(I)ccc2Br)CCS1. The summed E-state index contributed by atoms with van der Waals surface area (Å²) in [5.74, 6) is 1.15. The monoisotopic (exact) mass is 439 g/mol. The van der Waals surface area contributed by atoms with Crippen LogP contribution in [0.5, 0.6) is 0 Å². The lowest BCUT2D eigenvalue weighted by molar-refractivity contribution is 0.0747. The molecule has 5 heteroatoms. The maximum atomic E-state index is 12.5. The molecular formula is C13H15BrINOS. The maximum Gasteiger partial charge on any atom is 0.255 e. The molecule has 18 heavy (non-hydrogen) atoms. The molecule has 0 bridgehead atoms. The van der Waals surface area contributed by atoms with Crippen LogP contribution in [0.4, 0.5) is 0 Å².